The quantitative estimate of drug-likeness (QED) is 0.692. The molecule has 0 unspecified atom stereocenters. The molecule has 2 aromatic rings. The van der Waals surface area contributed by atoms with Gasteiger partial charge in [0.2, 0.25) is 11.8 Å². The van der Waals surface area contributed by atoms with Crippen LogP contribution in [0.3, 0.4) is 0 Å². The van der Waals surface area contributed by atoms with Gasteiger partial charge in [0.25, 0.3) is 0 Å². The number of amides is 2. The van der Waals surface area contributed by atoms with E-state index >= 15 is 0 Å². The standard InChI is InChI=1S/C26H32N4O2/c1-20-15-21(2)17-24(16-20)30(12-6-11-27)25(31)19-29-13-9-23(10-14-29)26(32)28-18-22-7-4-3-5-8-22/h3-5,7-8,15-17,23H,6,9-10,12-14,18-19H2,1-2H3,(H,28,32). The van der Waals surface area contributed by atoms with E-state index in [1.807, 2.05) is 56.3 Å². The fraction of sp³-hybridized carbons (Fsp3) is 0.423. The SMILES string of the molecule is Cc1cc(C)cc(N(CCC#N)C(=O)CN2CCC(C(=O)NCc3ccccc3)CC2)c1. The Bertz CT molecular complexity index is 939. The summed E-state index contributed by atoms with van der Waals surface area (Å²) in [6.45, 7) is 6.69. The summed E-state index contributed by atoms with van der Waals surface area (Å²) in [5, 5.41) is 12.1. The molecule has 0 aliphatic carbocycles. The molecule has 0 bridgehead atoms. The Balaban J connectivity index is 1.52. The topological polar surface area (TPSA) is 76.4 Å². The van der Waals surface area contributed by atoms with Crippen LogP contribution < -0.4 is 10.2 Å². The van der Waals surface area contributed by atoms with Crippen LogP contribution in [0.1, 0.15) is 36.0 Å². The van der Waals surface area contributed by atoms with Crippen LogP contribution in [0.4, 0.5) is 5.69 Å². The second-order valence-corrected chi connectivity index (χ2v) is 8.55. The van der Waals surface area contributed by atoms with Gasteiger partial charge in [-0.15, -0.1) is 0 Å². The van der Waals surface area contributed by atoms with Crippen LogP contribution in [0.25, 0.3) is 0 Å². The van der Waals surface area contributed by atoms with E-state index in [0.717, 1.165) is 35.2 Å². The molecular weight excluding hydrogens is 400 g/mol. The summed E-state index contributed by atoms with van der Waals surface area (Å²) in [4.78, 5) is 29.5. The zero-order chi connectivity index (χ0) is 22.9. The third kappa shape index (κ3) is 6.66. The number of likely N-dealkylation sites (tertiary alicyclic amines) is 1. The number of aryl methyl sites for hydroxylation is 2. The number of benzene rings is 2. The lowest BCUT2D eigenvalue weighted by molar-refractivity contribution is -0.126. The molecule has 0 aromatic heterocycles. The second kappa shape index (κ2) is 11.4. The van der Waals surface area contributed by atoms with Crippen LogP contribution in [-0.2, 0) is 16.1 Å². The fourth-order valence-electron chi connectivity index (χ4n) is 4.23. The van der Waals surface area contributed by atoms with Crippen LogP contribution in [-0.4, -0.2) is 42.9 Å². The van der Waals surface area contributed by atoms with Gasteiger partial charge in [0.05, 0.1) is 19.0 Å². The van der Waals surface area contributed by atoms with Gasteiger partial charge in [-0.1, -0.05) is 36.4 Å². The Morgan fingerprint density at radius 3 is 2.38 bits per heavy atom. The molecule has 1 aliphatic heterocycles. The molecule has 0 spiro atoms. The van der Waals surface area contributed by atoms with Crippen LogP contribution in [0, 0.1) is 31.1 Å². The maximum Gasteiger partial charge on any atom is 0.241 e. The molecule has 1 fully saturated rings. The predicted octanol–water partition coefficient (Wildman–Crippen LogP) is 3.58. The van der Waals surface area contributed by atoms with E-state index in [-0.39, 0.29) is 17.7 Å². The summed E-state index contributed by atoms with van der Waals surface area (Å²) >= 11 is 0. The Morgan fingerprint density at radius 1 is 1.09 bits per heavy atom. The number of anilines is 1. The molecule has 6 heteroatoms. The monoisotopic (exact) mass is 432 g/mol. The first-order valence-electron chi connectivity index (χ1n) is 11.3. The fourth-order valence-corrected chi connectivity index (χ4v) is 4.23. The van der Waals surface area contributed by atoms with Crippen molar-refractivity contribution >= 4 is 17.5 Å². The molecule has 3 rings (SSSR count). The lowest BCUT2D eigenvalue weighted by Gasteiger charge is -2.32. The summed E-state index contributed by atoms with van der Waals surface area (Å²) in [6.07, 6.45) is 1.79. The molecule has 1 heterocycles. The molecule has 0 atom stereocenters. The van der Waals surface area contributed by atoms with E-state index in [2.05, 4.69) is 22.4 Å². The third-order valence-corrected chi connectivity index (χ3v) is 5.89. The maximum absolute atomic E-state index is 13.1. The van der Waals surface area contributed by atoms with Gasteiger partial charge >= 0.3 is 0 Å². The minimum absolute atomic E-state index is 0.00257. The molecular formula is C26H32N4O2. The van der Waals surface area contributed by atoms with E-state index in [4.69, 9.17) is 5.26 Å². The highest BCUT2D eigenvalue weighted by molar-refractivity contribution is 5.95. The zero-order valence-corrected chi connectivity index (χ0v) is 19.0. The molecule has 1 N–H and O–H groups in total. The normalized spacial score (nSPS) is 14.5. The van der Waals surface area contributed by atoms with Gasteiger partial charge < -0.3 is 10.2 Å². The average Bonchev–Trinajstić information content (AvgIpc) is 2.78. The first-order chi connectivity index (χ1) is 15.5. The first kappa shape index (κ1) is 23.5. The molecule has 1 aliphatic rings. The predicted molar refractivity (Wildman–Crippen MR) is 126 cm³/mol. The number of nitrogens with zero attached hydrogens (tertiary/aromatic N) is 3. The number of hydrogen-bond donors (Lipinski definition) is 1. The van der Waals surface area contributed by atoms with Crippen molar-refractivity contribution in [3.05, 3.63) is 65.2 Å². The number of rotatable bonds is 8. The third-order valence-electron chi connectivity index (χ3n) is 5.89. The summed E-state index contributed by atoms with van der Waals surface area (Å²) in [6, 6.07) is 18.1. The summed E-state index contributed by atoms with van der Waals surface area (Å²) in [7, 11) is 0. The summed E-state index contributed by atoms with van der Waals surface area (Å²) in [5.74, 6) is 0.0714. The lowest BCUT2D eigenvalue weighted by atomic mass is 9.95. The number of nitrogens with one attached hydrogen (secondary N) is 1. The molecule has 0 radical (unpaired) electrons. The van der Waals surface area contributed by atoms with Crippen molar-refractivity contribution in [2.45, 2.75) is 39.7 Å². The van der Waals surface area contributed by atoms with E-state index in [1.54, 1.807) is 4.90 Å². The van der Waals surface area contributed by atoms with Crippen molar-refractivity contribution in [3.8, 4) is 6.07 Å². The van der Waals surface area contributed by atoms with Crippen LogP contribution in [0.5, 0.6) is 0 Å². The van der Waals surface area contributed by atoms with Crippen molar-refractivity contribution < 1.29 is 9.59 Å². The van der Waals surface area contributed by atoms with Gasteiger partial charge in [-0.05, 0) is 68.6 Å². The van der Waals surface area contributed by atoms with Crippen LogP contribution in [0.15, 0.2) is 48.5 Å². The number of hydrogen-bond acceptors (Lipinski definition) is 4. The minimum Gasteiger partial charge on any atom is -0.352 e. The van der Waals surface area contributed by atoms with Gasteiger partial charge in [-0.3, -0.25) is 14.5 Å². The van der Waals surface area contributed by atoms with Gasteiger partial charge in [-0.2, -0.15) is 5.26 Å². The lowest BCUT2D eigenvalue weighted by Crippen LogP contribution is -2.46. The first-order valence-corrected chi connectivity index (χ1v) is 11.3. The molecule has 2 amide bonds. The van der Waals surface area contributed by atoms with Crippen molar-refractivity contribution in [1.29, 1.82) is 5.26 Å². The van der Waals surface area contributed by atoms with Gasteiger partial charge in [-0.25, -0.2) is 0 Å². The highest BCUT2D eigenvalue weighted by Crippen LogP contribution is 2.21. The van der Waals surface area contributed by atoms with Gasteiger partial charge in [0, 0.05) is 24.7 Å². The minimum atomic E-state index is -0.0146. The number of nitriles is 1. The van der Waals surface area contributed by atoms with Crippen LogP contribution >= 0.6 is 0 Å². The van der Waals surface area contributed by atoms with Gasteiger partial charge in [0.15, 0.2) is 0 Å². The highest BCUT2D eigenvalue weighted by Gasteiger charge is 2.27. The van der Waals surface area contributed by atoms with Crippen molar-refractivity contribution in [3.63, 3.8) is 0 Å². The maximum atomic E-state index is 13.1. The molecule has 6 nitrogen and oxygen atoms in total. The number of piperidine rings is 1. The molecule has 1 saturated heterocycles. The molecule has 2 aromatic carbocycles. The second-order valence-electron chi connectivity index (χ2n) is 8.55. The molecule has 32 heavy (non-hydrogen) atoms. The Hall–Kier alpha value is -3.17. The van der Waals surface area contributed by atoms with Crippen molar-refractivity contribution in [2.75, 3.05) is 31.1 Å². The van der Waals surface area contributed by atoms with Gasteiger partial charge in [0.1, 0.15) is 0 Å². The summed E-state index contributed by atoms with van der Waals surface area (Å²) < 4.78 is 0. The number of carbonyl (C=O) groups excluding carboxylic acids is 2. The largest absolute Gasteiger partial charge is 0.352 e. The Kier molecular flexibility index (Phi) is 8.41. The van der Waals surface area contributed by atoms with E-state index in [9.17, 15) is 9.59 Å². The average molecular weight is 433 g/mol. The van der Waals surface area contributed by atoms with Crippen LogP contribution in [0.2, 0.25) is 0 Å². The van der Waals surface area contributed by atoms with Crippen molar-refractivity contribution in [2.24, 2.45) is 5.92 Å². The van der Waals surface area contributed by atoms with E-state index in [0.29, 0.717) is 39.1 Å². The van der Waals surface area contributed by atoms with E-state index < -0.39 is 0 Å². The zero-order valence-electron chi connectivity index (χ0n) is 19.0. The van der Waals surface area contributed by atoms with Crippen molar-refractivity contribution in [1.82, 2.24) is 10.2 Å². The molecule has 0 saturated carbocycles. The smallest absolute Gasteiger partial charge is 0.241 e. The number of carbonyl (C=O) groups is 2. The highest BCUT2D eigenvalue weighted by atomic mass is 16.2. The summed E-state index contributed by atoms with van der Waals surface area (Å²) in [5.41, 5.74) is 4.12. The molecule has 168 valence electrons. The Morgan fingerprint density at radius 2 is 1.75 bits per heavy atom. The van der Waals surface area contributed by atoms with E-state index in [1.165, 1.54) is 0 Å². The Labute approximate surface area is 190 Å².